The summed E-state index contributed by atoms with van der Waals surface area (Å²) in [7, 11) is -0.568. The van der Waals surface area contributed by atoms with Crippen molar-refractivity contribution in [1.29, 1.82) is 0 Å². The molecule has 0 saturated carbocycles. The van der Waals surface area contributed by atoms with Crippen molar-refractivity contribution in [2.75, 3.05) is 7.11 Å². The average molecular weight is 298 g/mol. The second-order valence-electron chi connectivity index (χ2n) is 6.60. The molecule has 116 valence electrons. The Bertz CT molecular complexity index is 353. The summed E-state index contributed by atoms with van der Waals surface area (Å²) in [6.07, 6.45) is 4.23. The summed E-state index contributed by atoms with van der Waals surface area (Å²) in [6.45, 7) is 18.5. The van der Waals surface area contributed by atoms with Crippen molar-refractivity contribution in [3.8, 4) is 0 Å². The van der Waals surface area contributed by atoms with Crippen LogP contribution < -0.4 is 0 Å². The first-order chi connectivity index (χ1) is 9.06. The average Bonchev–Trinajstić information content (AvgIpc) is 2.34. The topological polar surface area (TPSA) is 35.5 Å². The van der Waals surface area contributed by atoms with E-state index >= 15 is 0 Å². The number of hydrogen-bond donors (Lipinski definition) is 0. The summed E-state index contributed by atoms with van der Waals surface area (Å²) in [5.41, 5.74) is 0.418. The van der Waals surface area contributed by atoms with Crippen LogP contribution >= 0.6 is 0 Å². The number of esters is 1. The van der Waals surface area contributed by atoms with Gasteiger partial charge in [0.1, 0.15) is 0 Å². The second-order valence-corrected chi connectivity index (χ2v) is 11.4. The van der Waals surface area contributed by atoms with Gasteiger partial charge in [-0.05, 0) is 37.4 Å². The SMILES string of the molecule is C=CCCCC(O[Si](C)(C)C(C)(C)C)C(=C)C(=O)OC. The third-order valence-electron chi connectivity index (χ3n) is 3.95. The molecule has 0 aromatic heterocycles. The van der Waals surface area contributed by atoms with Crippen molar-refractivity contribution in [1.82, 2.24) is 0 Å². The van der Waals surface area contributed by atoms with Crippen LogP contribution in [0, 0.1) is 0 Å². The minimum absolute atomic E-state index is 0.0973. The molecule has 0 saturated heterocycles. The predicted octanol–water partition coefficient (Wildman–Crippen LogP) is 4.46. The van der Waals surface area contributed by atoms with Gasteiger partial charge in [-0.15, -0.1) is 6.58 Å². The number of methoxy groups -OCH3 is 1. The van der Waals surface area contributed by atoms with Gasteiger partial charge in [0.15, 0.2) is 8.32 Å². The maximum absolute atomic E-state index is 11.7. The van der Waals surface area contributed by atoms with E-state index in [0.29, 0.717) is 5.57 Å². The molecule has 0 aromatic rings. The van der Waals surface area contributed by atoms with Crippen LogP contribution in [0.2, 0.25) is 18.1 Å². The molecule has 0 radical (unpaired) electrons. The molecule has 0 rings (SSSR count). The minimum Gasteiger partial charge on any atom is -0.466 e. The van der Waals surface area contributed by atoms with Gasteiger partial charge in [0.2, 0.25) is 0 Å². The maximum atomic E-state index is 11.7. The van der Waals surface area contributed by atoms with E-state index in [1.807, 2.05) is 6.08 Å². The summed E-state index contributed by atoms with van der Waals surface area (Å²) in [5, 5.41) is 0.0973. The van der Waals surface area contributed by atoms with Gasteiger partial charge in [-0.3, -0.25) is 0 Å². The summed E-state index contributed by atoms with van der Waals surface area (Å²) >= 11 is 0. The Morgan fingerprint density at radius 2 is 1.90 bits per heavy atom. The summed E-state index contributed by atoms with van der Waals surface area (Å²) in [5.74, 6) is -0.382. The molecular formula is C16H30O3Si. The first kappa shape index (κ1) is 19.1. The lowest BCUT2D eigenvalue weighted by Gasteiger charge is -2.39. The number of allylic oxidation sites excluding steroid dienone is 1. The molecule has 0 heterocycles. The van der Waals surface area contributed by atoms with Crippen molar-refractivity contribution >= 4 is 14.3 Å². The Hall–Kier alpha value is -0.873. The quantitative estimate of drug-likeness (QED) is 0.218. The Morgan fingerprint density at radius 3 is 2.30 bits per heavy atom. The highest BCUT2D eigenvalue weighted by Gasteiger charge is 2.40. The molecule has 0 bridgehead atoms. The van der Waals surface area contributed by atoms with Crippen LogP contribution in [0.4, 0.5) is 0 Å². The van der Waals surface area contributed by atoms with Crippen LogP contribution in [-0.4, -0.2) is 27.5 Å². The molecule has 1 atom stereocenters. The van der Waals surface area contributed by atoms with E-state index in [1.54, 1.807) is 0 Å². The van der Waals surface area contributed by atoms with Gasteiger partial charge in [-0.25, -0.2) is 4.79 Å². The molecule has 1 unspecified atom stereocenters. The van der Waals surface area contributed by atoms with Gasteiger partial charge in [-0.2, -0.15) is 0 Å². The van der Waals surface area contributed by atoms with Crippen molar-refractivity contribution in [3.63, 3.8) is 0 Å². The summed E-state index contributed by atoms with van der Waals surface area (Å²) in [4.78, 5) is 11.7. The van der Waals surface area contributed by atoms with Crippen molar-refractivity contribution in [3.05, 3.63) is 24.8 Å². The number of carbonyl (C=O) groups is 1. The van der Waals surface area contributed by atoms with Crippen LogP contribution in [0.1, 0.15) is 40.0 Å². The van der Waals surface area contributed by atoms with E-state index in [9.17, 15) is 4.79 Å². The molecule has 0 aromatic carbocycles. The highest BCUT2D eigenvalue weighted by molar-refractivity contribution is 6.74. The monoisotopic (exact) mass is 298 g/mol. The molecule has 0 fully saturated rings. The third kappa shape index (κ3) is 5.63. The second kappa shape index (κ2) is 7.79. The highest BCUT2D eigenvalue weighted by Crippen LogP contribution is 2.38. The van der Waals surface area contributed by atoms with Gasteiger partial charge in [-0.1, -0.05) is 33.4 Å². The zero-order chi connectivity index (χ0) is 16.0. The van der Waals surface area contributed by atoms with E-state index in [4.69, 9.17) is 9.16 Å². The van der Waals surface area contributed by atoms with Crippen LogP contribution in [0.3, 0.4) is 0 Å². The van der Waals surface area contributed by atoms with E-state index in [2.05, 4.69) is 47.0 Å². The smallest absolute Gasteiger partial charge is 0.335 e. The van der Waals surface area contributed by atoms with Crippen LogP contribution in [0.15, 0.2) is 24.8 Å². The Labute approximate surface area is 125 Å². The molecule has 0 aliphatic heterocycles. The number of rotatable bonds is 8. The van der Waals surface area contributed by atoms with Crippen LogP contribution in [0.25, 0.3) is 0 Å². The van der Waals surface area contributed by atoms with Gasteiger partial charge < -0.3 is 9.16 Å². The first-order valence-corrected chi connectivity index (χ1v) is 10.0. The molecule has 4 heteroatoms. The van der Waals surface area contributed by atoms with Crippen molar-refractivity contribution in [2.24, 2.45) is 0 Å². The number of ether oxygens (including phenoxy) is 1. The fourth-order valence-corrected chi connectivity index (χ4v) is 2.87. The predicted molar refractivity (Wildman–Crippen MR) is 87.3 cm³/mol. The number of hydrogen-bond acceptors (Lipinski definition) is 3. The minimum atomic E-state index is -1.94. The summed E-state index contributed by atoms with van der Waals surface area (Å²) < 4.78 is 11.1. The van der Waals surface area contributed by atoms with Gasteiger partial charge >= 0.3 is 5.97 Å². The van der Waals surface area contributed by atoms with Gasteiger partial charge in [0.05, 0.1) is 18.8 Å². The van der Waals surface area contributed by atoms with Gasteiger partial charge in [0, 0.05) is 0 Å². The fourth-order valence-electron chi connectivity index (χ4n) is 1.55. The molecule has 0 aliphatic rings. The number of unbranched alkanes of at least 4 members (excludes halogenated alkanes) is 1. The standard InChI is InChI=1S/C16H30O3Si/c1-9-10-11-12-14(13(2)15(17)18-6)19-20(7,8)16(3,4)5/h9,14H,1-2,10-12H2,3-8H3. The molecule has 0 amide bonds. The zero-order valence-electron chi connectivity index (χ0n) is 13.9. The highest BCUT2D eigenvalue weighted by atomic mass is 28.4. The van der Waals surface area contributed by atoms with Crippen LogP contribution in [0.5, 0.6) is 0 Å². The molecule has 3 nitrogen and oxygen atoms in total. The lowest BCUT2D eigenvalue weighted by molar-refractivity contribution is -0.137. The zero-order valence-corrected chi connectivity index (χ0v) is 14.9. The van der Waals surface area contributed by atoms with Gasteiger partial charge in [0.25, 0.3) is 0 Å². The molecule has 0 spiro atoms. The molecular weight excluding hydrogens is 268 g/mol. The fraction of sp³-hybridized carbons (Fsp3) is 0.688. The Balaban J connectivity index is 4.98. The molecule has 0 N–H and O–H groups in total. The van der Waals surface area contributed by atoms with E-state index in [1.165, 1.54) is 7.11 Å². The maximum Gasteiger partial charge on any atom is 0.335 e. The van der Waals surface area contributed by atoms with E-state index < -0.39 is 8.32 Å². The summed E-state index contributed by atoms with van der Waals surface area (Å²) in [6, 6.07) is 0. The van der Waals surface area contributed by atoms with E-state index in [0.717, 1.165) is 19.3 Å². The number of carbonyl (C=O) groups excluding carboxylic acids is 1. The normalized spacial score (nSPS) is 13.7. The largest absolute Gasteiger partial charge is 0.466 e. The Morgan fingerprint density at radius 1 is 1.35 bits per heavy atom. The first-order valence-electron chi connectivity index (χ1n) is 7.12. The molecule has 0 aliphatic carbocycles. The van der Waals surface area contributed by atoms with E-state index in [-0.39, 0.29) is 17.1 Å². The molecule has 20 heavy (non-hydrogen) atoms. The Kier molecular flexibility index (Phi) is 7.45. The van der Waals surface area contributed by atoms with Crippen molar-refractivity contribution < 1.29 is 14.0 Å². The third-order valence-corrected chi connectivity index (χ3v) is 8.44. The van der Waals surface area contributed by atoms with Crippen LogP contribution in [-0.2, 0) is 14.0 Å². The van der Waals surface area contributed by atoms with Crippen molar-refractivity contribution in [2.45, 2.75) is 64.3 Å². The lowest BCUT2D eigenvalue weighted by Crippen LogP contribution is -2.45. The lowest BCUT2D eigenvalue weighted by atomic mass is 10.1.